The Bertz CT molecular complexity index is 3390. The van der Waals surface area contributed by atoms with Gasteiger partial charge in [0, 0.05) is 44.5 Å². The lowest BCUT2D eigenvalue weighted by Gasteiger charge is -2.15. The third kappa shape index (κ3) is 5.78. The number of hydrogen-bond donors (Lipinski definition) is 0. The zero-order valence-electron chi connectivity index (χ0n) is 34.3. The molecule has 0 radical (unpaired) electrons. The number of benzene rings is 9. The minimum atomic E-state index is 0.153. The van der Waals surface area contributed by atoms with Crippen molar-refractivity contribution in [2.75, 3.05) is 0 Å². The molecule has 0 aliphatic carbocycles. The molecule has 2 heteroatoms. The molecule has 0 atom stereocenters. The highest BCUT2D eigenvalue weighted by molar-refractivity contribution is 6.28. The first-order valence-corrected chi connectivity index (χ1v) is 21.1. The van der Waals surface area contributed by atoms with Crippen LogP contribution in [0.25, 0.3) is 110 Å². The molecule has 11 rings (SSSR count). The van der Waals surface area contributed by atoms with E-state index >= 15 is 0 Å². The molecule has 0 saturated heterocycles. The van der Waals surface area contributed by atoms with Crippen molar-refractivity contribution in [3.05, 3.63) is 194 Å². The van der Waals surface area contributed by atoms with Gasteiger partial charge in [-0.3, -0.25) is 0 Å². The maximum absolute atomic E-state index is 7.27. The van der Waals surface area contributed by atoms with E-state index in [1.54, 1.807) is 0 Å². The van der Waals surface area contributed by atoms with Crippen LogP contribution in [-0.4, -0.2) is 0 Å². The van der Waals surface area contributed by atoms with Crippen molar-refractivity contribution in [1.82, 2.24) is 0 Å². The molecule has 2 heterocycles. The Hall–Kier alpha value is -7.16. The molecular weight excluding hydrogens is 729 g/mol. The van der Waals surface area contributed by atoms with Gasteiger partial charge in [-0.2, -0.15) is 0 Å². The standard InChI is InChI=1S/C58H44O2/c1-35(2)55-51(41-18-7-5-8-19-41)49-33-47(40-29-27-39(28-30-40)46-25-15-23-38-17-13-14-24-45(38)46)53-54(58(49)60-55)48(44-31-26-37-16-11-12-22-43(37)32-44)34-50-52(42-20-9-6-10-21-42)56(36(3)4)59-57(50)53/h5-36H,1-4H3. The van der Waals surface area contributed by atoms with Crippen molar-refractivity contribution >= 4 is 54.3 Å². The monoisotopic (exact) mass is 772 g/mol. The molecule has 0 fully saturated rings. The van der Waals surface area contributed by atoms with Crippen LogP contribution in [0, 0.1) is 0 Å². The van der Waals surface area contributed by atoms with Crippen molar-refractivity contribution in [1.29, 1.82) is 0 Å². The van der Waals surface area contributed by atoms with Gasteiger partial charge in [0.1, 0.15) is 22.7 Å². The van der Waals surface area contributed by atoms with Crippen molar-refractivity contribution < 1.29 is 8.83 Å². The number of hydrogen-bond acceptors (Lipinski definition) is 2. The quantitative estimate of drug-likeness (QED) is 0.161. The summed E-state index contributed by atoms with van der Waals surface area (Å²) in [6, 6.07) is 66.1. The molecule has 2 nitrogen and oxygen atoms in total. The van der Waals surface area contributed by atoms with E-state index < -0.39 is 0 Å². The number of rotatable bonds is 7. The zero-order valence-corrected chi connectivity index (χ0v) is 34.3. The lowest BCUT2D eigenvalue weighted by atomic mass is 9.86. The Morgan fingerprint density at radius 3 is 1.33 bits per heavy atom. The van der Waals surface area contributed by atoms with E-state index in [0.717, 1.165) is 88.7 Å². The van der Waals surface area contributed by atoms with Crippen molar-refractivity contribution in [2.24, 2.45) is 0 Å². The van der Waals surface area contributed by atoms with Crippen LogP contribution in [0.4, 0.5) is 0 Å². The SMILES string of the molecule is CC(C)c1oc2c(cc(-c3ccc4ccccc4c3)c3c4oc(C(C)C)c(-c5ccccc5)c4cc(-c4ccc(-c5cccc6ccccc56)cc4)c23)c1-c1ccccc1. The predicted octanol–water partition coefficient (Wildman–Crippen LogP) is 17.2. The average molecular weight is 773 g/mol. The third-order valence-electron chi connectivity index (χ3n) is 12.3. The van der Waals surface area contributed by atoms with Crippen LogP contribution in [0.5, 0.6) is 0 Å². The molecule has 0 aliphatic rings. The first-order valence-electron chi connectivity index (χ1n) is 21.1. The summed E-state index contributed by atoms with van der Waals surface area (Å²) in [5.41, 5.74) is 13.3. The molecule has 2 aromatic heterocycles. The Labute approximate surface area is 350 Å². The second-order valence-electron chi connectivity index (χ2n) is 16.7. The highest BCUT2D eigenvalue weighted by Crippen LogP contribution is 2.52. The normalized spacial score (nSPS) is 12.0. The van der Waals surface area contributed by atoms with Crippen LogP contribution >= 0.6 is 0 Å². The van der Waals surface area contributed by atoms with Gasteiger partial charge in [-0.15, -0.1) is 0 Å². The molecule has 11 aromatic rings. The van der Waals surface area contributed by atoms with Crippen LogP contribution in [-0.2, 0) is 0 Å². The van der Waals surface area contributed by atoms with Crippen LogP contribution in [0.3, 0.4) is 0 Å². The van der Waals surface area contributed by atoms with Gasteiger partial charge < -0.3 is 8.83 Å². The number of fused-ring (bicyclic) bond motifs is 7. The molecule has 0 saturated carbocycles. The van der Waals surface area contributed by atoms with Crippen molar-refractivity contribution in [3.8, 4) is 55.6 Å². The lowest BCUT2D eigenvalue weighted by Crippen LogP contribution is -1.91. The van der Waals surface area contributed by atoms with E-state index in [1.165, 1.54) is 32.7 Å². The minimum absolute atomic E-state index is 0.153. The second-order valence-corrected chi connectivity index (χ2v) is 16.7. The highest BCUT2D eigenvalue weighted by Gasteiger charge is 2.29. The summed E-state index contributed by atoms with van der Waals surface area (Å²) in [5.74, 6) is 2.27. The highest BCUT2D eigenvalue weighted by atomic mass is 16.3. The summed E-state index contributed by atoms with van der Waals surface area (Å²) < 4.78 is 14.5. The summed E-state index contributed by atoms with van der Waals surface area (Å²) >= 11 is 0. The minimum Gasteiger partial charge on any atom is -0.459 e. The Kier molecular flexibility index (Phi) is 8.56. The molecule has 0 N–H and O–H groups in total. The molecule has 0 aliphatic heterocycles. The molecule has 0 amide bonds. The van der Waals surface area contributed by atoms with Gasteiger partial charge in [0.15, 0.2) is 0 Å². The maximum Gasteiger partial charge on any atom is 0.143 e. The van der Waals surface area contributed by atoms with E-state index in [9.17, 15) is 0 Å². The van der Waals surface area contributed by atoms with Gasteiger partial charge in [-0.1, -0.05) is 191 Å². The molecule has 288 valence electrons. The van der Waals surface area contributed by atoms with Gasteiger partial charge in [-0.25, -0.2) is 0 Å². The van der Waals surface area contributed by atoms with E-state index in [4.69, 9.17) is 8.83 Å². The van der Waals surface area contributed by atoms with Crippen molar-refractivity contribution in [3.63, 3.8) is 0 Å². The lowest BCUT2D eigenvalue weighted by molar-refractivity contribution is 0.524. The first kappa shape index (κ1) is 36.0. The third-order valence-corrected chi connectivity index (χ3v) is 12.3. The van der Waals surface area contributed by atoms with Gasteiger partial charge in [0.2, 0.25) is 0 Å². The first-order chi connectivity index (χ1) is 29.4. The zero-order chi connectivity index (χ0) is 40.5. The Morgan fingerprint density at radius 2 is 0.767 bits per heavy atom. The average Bonchev–Trinajstić information content (AvgIpc) is 3.89. The van der Waals surface area contributed by atoms with Crippen molar-refractivity contribution in [2.45, 2.75) is 39.5 Å². The molecule has 9 aromatic carbocycles. The molecule has 0 unspecified atom stereocenters. The largest absolute Gasteiger partial charge is 0.459 e. The summed E-state index contributed by atoms with van der Waals surface area (Å²) in [7, 11) is 0. The second kappa shape index (κ2) is 14.3. The smallest absolute Gasteiger partial charge is 0.143 e. The fourth-order valence-corrected chi connectivity index (χ4v) is 9.48. The predicted molar refractivity (Wildman–Crippen MR) is 254 cm³/mol. The number of furan rings is 2. The molecule has 0 spiro atoms. The van der Waals surface area contributed by atoms with Gasteiger partial charge >= 0.3 is 0 Å². The summed E-state index contributed by atoms with van der Waals surface area (Å²) in [6.07, 6.45) is 0. The van der Waals surface area contributed by atoms with Gasteiger partial charge in [-0.05, 0) is 84.3 Å². The molecule has 60 heavy (non-hydrogen) atoms. The fourth-order valence-electron chi connectivity index (χ4n) is 9.48. The summed E-state index contributed by atoms with van der Waals surface area (Å²) in [5, 5.41) is 9.24. The van der Waals surface area contributed by atoms with Crippen LogP contribution in [0.15, 0.2) is 191 Å². The summed E-state index contributed by atoms with van der Waals surface area (Å²) in [6.45, 7) is 8.93. The Morgan fingerprint density at radius 1 is 0.317 bits per heavy atom. The van der Waals surface area contributed by atoms with E-state index in [-0.39, 0.29) is 11.8 Å². The maximum atomic E-state index is 7.27. The van der Waals surface area contributed by atoms with Crippen LogP contribution in [0.2, 0.25) is 0 Å². The summed E-state index contributed by atoms with van der Waals surface area (Å²) in [4.78, 5) is 0. The van der Waals surface area contributed by atoms with E-state index in [0.29, 0.717) is 0 Å². The topological polar surface area (TPSA) is 26.3 Å². The Balaban J connectivity index is 1.31. The van der Waals surface area contributed by atoms with Crippen LogP contribution < -0.4 is 0 Å². The van der Waals surface area contributed by atoms with Crippen LogP contribution in [0.1, 0.15) is 51.1 Å². The van der Waals surface area contributed by atoms with Gasteiger partial charge in [0.25, 0.3) is 0 Å². The fraction of sp³-hybridized carbons (Fsp3) is 0.103. The van der Waals surface area contributed by atoms with Gasteiger partial charge in [0.05, 0.1) is 0 Å². The van der Waals surface area contributed by atoms with E-state index in [1.807, 2.05) is 0 Å². The van der Waals surface area contributed by atoms with E-state index in [2.05, 4.69) is 210 Å². The molecular formula is C58H44O2. The molecule has 0 bridgehead atoms.